The van der Waals surface area contributed by atoms with Gasteiger partial charge in [0, 0.05) is 38.6 Å². The number of rotatable bonds is 8. The van der Waals surface area contributed by atoms with Crippen LogP contribution >= 0.6 is 0 Å². The van der Waals surface area contributed by atoms with E-state index in [4.69, 9.17) is 9.47 Å². The van der Waals surface area contributed by atoms with E-state index in [0.717, 1.165) is 30.0 Å². The fourth-order valence-electron chi connectivity index (χ4n) is 3.38. The molecule has 0 saturated carbocycles. The van der Waals surface area contributed by atoms with Gasteiger partial charge in [-0.25, -0.2) is 0 Å². The van der Waals surface area contributed by atoms with Gasteiger partial charge in [0.1, 0.15) is 5.75 Å². The Morgan fingerprint density at radius 1 is 1.13 bits per heavy atom. The number of nitrogens with one attached hydrogen (secondary N) is 2. The van der Waals surface area contributed by atoms with E-state index in [1.54, 1.807) is 19.5 Å². The van der Waals surface area contributed by atoms with Gasteiger partial charge in [0.2, 0.25) is 0 Å². The number of hydrogen-bond acceptors (Lipinski definition) is 6. The van der Waals surface area contributed by atoms with Crippen molar-refractivity contribution in [2.24, 2.45) is 0 Å². The first-order valence-corrected chi connectivity index (χ1v) is 10.1. The van der Waals surface area contributed by atoms with Gasteiger partial charge in [0.05, 0.1) is 26.4 Å². The second-order valence-corrected chi connectivity index (χ2v) is 7.01. The van der Waals surface area contributed by atoms with Crippen molar-refractivity contribution in [2.75, 3.05) is 46.5 Å². The van der Waals surface area contributed by atoms with Crippen molar-refractivity contribution < 1.29 is 19.1 Å². The van der Waals surface area contributed by atoms with E-state index in [1.165, 1.54) is 0 Å². The van der Waals surface area contributed by atoms with Gasteiger partial charge in [-0.15, -0.1) is 0 Å². The molecule has 0 bridgehead atoms. The first-order chi connectivity index (χ1) is 14.7. The molecule has 1 aliphatic rings. The summed E-state index contributed by atoms with van der Waals surface area (Å²) >= 11 is 0. The topological polar surface area (TPSA) is 92.8 Å². The van der Waals surface area contributed by atoms with Crippen molar-refractivity contribution in [3.05, 3.63) is 59.9 Å². The summed E-state index contributed by atoms with van der Waals surface area (Å²) in [6.07, 6.45) is 4.14. The summed E-state index contributed by atoms with van der Waals surface area (Å²) < 4.78 is 10.6. The molecule has 160 valence electrons. The van der Waals surface area contributed by atoms with E-state index in [0.29, 0.717) is 32.7 Å². The van der Waals surface area contributed by atoms with Crippen LogP contribution in [0.5, 0.6) is 5.75 Å². The molecule has 0 aliphatic carbocycles. The molecule has 2 N–H and O–H groups in total. The van der Waals surface area contributed by atoms with Gasteiger partial charge in [0.15, 0.2) is 0 Å². The van der Waals surface area contributed by atoms with Crippen LogP contribution < -0.4 is 15.4 Å². The van der Waals surface area contributed by atoms with Crippen LogP contribution in [0, 0.1) is 0 Å². The number of pyridine rings is 1. The van der Waals surface area contributed by atoms with Gasteiger partial charge in [0.25, 0.3) is 0 Å². The second-order valence-electron chi connectivity index (χ2n) is 7.01. The first kappa shape index (κ1) is 21.7. The molecular weight excluding hydrogens is 384 g/mol. The van der Waals surface area contributed by atoms with Crippen LogP contribution in [-0.2, 0) is 20.7 Å². The average molecular weight is 412 g/mol. The highest BCUT2D eigenvalue weighted by atomic mass is 16.5. The summed E-state index contributed by atoms with van der Waals surface area (Å²) in [4.78, 5) is 30.9. The van der Waals surface area contributed by atoms with Crippen LogP contribution in [0.3, 0.4) is 0 Å². The summed E-state index contributed by atoms with van der Waals surface area (Å²) in [6.45, 7) is 3.55. The van der Waals surface area contributed by atoms with Crippen molar-refractivity contribution in [1.82, 2.24) is 20.5 Å². The molecule has 30 heavy (non-hydrogen) atoms. The van der Waals surface area contributed by atoms with Crippen LogP contribution in [0.15, 0.2) is 48.8 Å². The zero-order chi connectivity index (χ0) is 21.2. The highest BCUT2D eigenvalue weighted by Crippen LogP contribution is 2.20. The molecule has 1 aromatic heterocycles. The van der Waals surface area contributed by atoms with Crippen molar-refractivity contribution in [1.29, 1.82) is 0 Å². The van der Waals surface area contributed by atoms with Crippen LogP contribution in [0.2, 0.25) is 0 Å². The van der Waals surface area contributed by atoms with Crippen molar-refractivity contribution in [3.63, 3.8) is 0 Å². The third-order valence-electron chi connectivity index (χ3n) is 5.08. The third kappa shape index (κ3) is 6.27. The molecule has 0 unspecified atom stereocenters. The van der Waals surface area contributed by atoms with Crippen molar-refractivity contribution in [2.45, 2.75) is 12.5 Å². The largest absolute Gasteiger partial charge is 0.497 e. The first-order valence-electron chi connectivity index (χ1n) is 10.1. The van der Waals surface area contributed by atoms with Gasteiger partial charge < -0.3 is 20.1 Å². The molecule has 2 aromatic rings. The molecule has 2 amide bonds. The molecule has 8 heteroatoms. The lowest BCUT2D eigenvalue weighted by molar-refractivity contribution is -0.139. The van der Waals surface area contributed by atoms with Gasteiger partial charge in [-0.05, 0) is 35.7 Å². The summed E-state index contributed by atoms with van der Waals surface area (Å²) in [5.74, 6) is -0.479. The number of morpholine rings is 1. The maximum absolute atomic E-state index is 12.3. The molecule has 2 heterocycles. The van der Waals surface area contributed by atoms with Crippen LogP contribution in [0.25, 0.3) is 0 Å². The van der Waals surface area contributed by atoms with E-state index < -0.39 is 11.8 Å². The number of benzene rings is 1. The monoisotopic (exact) mass is 412 g/mol. The Morgan fingerprint density at radius 3 is 2.53 bits per heavy atom. The van der Waals surface area contributed by atoms with Crippen molar-refractivity contribution in [3.8, 4) is 5.75 Å². The SMILES string of the molecule is COc1ccc(CCNC(=O)C(=O)NC[C@H](c2cccnc2)N2CCOCC2)cc1. The highest BCUT2D eigenvalue weighted by molar-refractivity contribution is 6.35. The second kappa shape index (κ2) is 11.3. The third-order valence-corrected chi connectivity index (χ3v) is 5.08. The van der Waals surface area contributed by atoms with E-state index in [-0.39, 0.29) is 6.04 Å². The number of aromatic nitrogens is 1. The minimum absolute atomic E-state index is 0.0568. The lowest BCUT2D eigenvalue weighted by Crippen LogP contribution is -2.47. The summed E-state index contributed by atoms with van der Waals surface area (Å²) in [5.41, 5.74) is 2.06. The molecule has 1 aromatic carbocycles. The lowest BCUT2D eigenvalue weighted by Gasteiger charge is -2.34. The van der Waals surface area contributed by atoms with E-state index in [9.17, 15) is 9.59 Å². The molecule has 1 fully saturated rings. The fraction of sp³-hybridized carbons (Fsp3) is 0.409. The summed E-state index contributed by atoms with van der Waals surface area (Å²) in [7, 11) is 1.62. The fourth-order valence-corrected chi connectivity index (χ4v) is 3.38. The Hall–Kier alpha value is -2.97. The number of hydrogen-bond donors (Lipinski definition) is 2. The molecule has 0 radical (unpaired) electrons. The zero-order valence-electron chi connectivity index (χ0n) is 17.2. The Bertz CT molecular complexity index is 808. The molecule has 3 rings (SSSR count). The Balaban J connectivity index is 1.48. The minimum atomic E-state index is -0.633. The maximum atomic E-state index is 12.3. The molecule has 1 atom stereocenters. The van der Waals surface area contributed by atoms with Gasteiger partial charge in [-0.2, -0.15) is 0 Å². The van der Waals surface area contributed by atoms with Gasteiger partial charge in [-0.1, -0.05) is 18.2 Å². The van der Waals surface area contributed by atoms with Crippen LogP contribution in [-0.4, -0.2) is 68.2 Å². The lowest BCUT2D eigenvalue weighted by atomic mass is 10.1. The van der Waals surface area contributed by atoms with Crippen LogP contribution in [0.1, 0.15) is 17.2 Å². The Kier molecular flexibility index (Phi) is 8.17. The Labute approximate surface area is 176 Å². The number of carbonyl (C=O) groups excluding carboxylic acids is 2. The highest BCUT2D eigenvalue weighted by Gasteiger charge is 2.24. The molecule has 1 saturated heterocycles. The van der Waals surface area contributed by atoms with E-state index >= 15 is 0 Å². The van der Waals surface area contributed by atoms with Crippen molar-refractivity contribution >= 4 is 11.8 Å². The standard InChI is InChI=1S/C22H28N4O4/c1-29-19-6-4-17(5-7-19)8-10-24-21(27)22(28)25-16-20(18-3-2-9-23-15-18)26-11-13-30-14-12-26/h2-7,9,15,20H,8,10-14,16H2,1H3,(H,24,27)(H,25,28)/t20-/m1/s1. The molecule has 8 nitrogen and oxygen atoms in total. The number of nitrogens with zero attached hydrogens (tertiary/aromatic N) is 2. The normalized spacial score (nSPS) is 15.2. The summed E-state index contributed by atoms with van der Waals surface area (Å²) in [5, 5.41) is 5.44. The Morgan fingerprint density at radius 2 is 1.87 bits per heavy atom. The zero-order valence-corrected chi connectivity index (χ0v) is 17.2. The van der Waals surface area contributed by atoms with Gasteiger partial charge >= 0.3 is 11.8 Å². The number of carbonyl (C=O) groups is 2. The predicted molar refractivity (Wildman–Crippen MR) is 112 cm³/mol. The summed E-state index contributed by atoms with van der Waals surface area (Å²) in [6, 6.07) is 11.4. The smallest absolute Gasteiger partial charge is 0.309 e. The van der Waals surface area contributed by atoms with E-state index in [2.05, 4.69) is 20.5 Å². The van der Waals surface area contributed by atoms with Gasteiger partial charge in [-0.3, -0.25) is 19.5 Å². The molecular formula is C22H28N4O4. The number of amides is 2. The quantitative estimate of drug-likeness (QED) is 0.627. The number of methoxy groups -OCH3 is 1. The minimum Gasteiger partial charge on any atom is -0.497 e. The maximum Gasteiger partial charge on any atom is 0.309 e. The molecule has 1 aliphatic heterocycles. The number of ether oxygens (including phenoxy) is 2. The van der Waals surface area contributed by atoms with E-state index in [1.807, 2.05) is 36.4 Å². The van der Waals surface area contributed by atoms with Crippen LogP contribution in [0.4, 0.5) is 0 Å². The molecule has 0 spiro atoms. The average Bonchev–Trinajstić information content (AvgIpc) is 2.81. The predicted octanol–water partition coefficient (Wildman–Crippen LogP) is 0.939.